The third-order valence-corrected chi connectivity index (χ3v) is 4.42. The van der Waals surface area contributed by atoms with Crippen LogP contribution in [0, 0.1) is 0 Å². The van der Waals surface area contributed by atoms with E-state index in [1.807, 2.05) is 30.3 Å². The van der Waals surface area contributed by atoms with Crippen LogP contribution < -0.4 is 5.32 Å². The number of hydrogen-bond donors (Lipinski definition) is 1. The maximum Gasteiger partial charge on any atom is 0.339 e. The van der Waals surface area contributed by atoms with Crippen molar-refractivity contribution in [1.29, 1.82) is 0 Å². The fraction of sp³-hybridized carbons (Fsp3) is 0.143. The summed E-state index contributed by atoms with van der Waals surface area (Å²) in [6.45, 7) is 0.317. The topological polar surface area (TPSA) is 68.5 Å². The molecule has 0 bridgehead atoms. The van der Waals surface area contributed by atoms with E-state index in [0.717, 1.165) is 11.1 Å². The number of ether oxygens (including phenoxy) is 1. The van der Waals surface area contributed by atoms with Gasteiger partial charge in [0.05, 0.1) is 18.4 Å². The summed E-state index contributed by atoms with van der Waals surface area (Å²) in [6.07, 6.45) is 1.78. The molecule has 0 spiro atoms. The number of fused-ring (bicyclic) bond motifs is 1. The van der Waals surface area contributed by atoms with Gasteiger partial charge < -0.3 is 14.5 Å². The molecule has 0 saturated heterocycles. The smallest absolute Gasteiger partial charge is 0.339 e. The number of carbonyl (C=O) groups is 2. The molecular weight excluding hydrogens is 330 g/mol. The van der Waals surface area contributed by atoms with Crippen molar-refractivity contribution in [1.82, 2.24) is 5.32 Å². The van der Waals surface area contributed by atoms with E-state index in [-0.39, 0.29) is 18.0 Å². The van der Waals surface area contributed by atoms with Crippen molar-refractivity contribution in [2.45, 2.75) is 19.1 Å². The molecule has 4 rings (SSSR count). The summed E-state index contributed by atoms with van der Waals surface area (Å²) in [6, 6.07) is 18.2. The Bertz CT molecular complexity index is 932. The Morgan fingerprint density at radius 3 is 2.69 bits per heavy atom. The predicted molar refractivity (Wildman–Crippen MR) is 94.6 cm³/mol. The maximum absolute atomic E-state index is 12.4. The summed E-state index contributed by atoms with van der Waals surface area (Å²) >= 11 is 0. The van der Waals surface area contributed by atoms with Gasteiger partial charge in [0.1, 0.15) is 11.9 Å². The Kier molecular flexibility index (Phi) is 4.27. The molecule has 130 valence electrons. The second kappa shape index (κ2) is 6.88. The van der Waals surface area contributed by atoms with E-state index in [2.05, 4.69) is 5.32 Å². The molecule has 2 aromatic carbocycles. The zero-order chi connectivity index (χ0) is 17.9. The molecule has 0 unspecified atom stereocenters. The number of nitrogens with one attached hydrogen (secondary N) is 1. The van der Waals surface area contributed by atoms with Crippen LogP contribution >= 0.6 is 0 Å². The zero-order valence-corrected chi connectivity index (χ0v) is 14.0. The molecule has 1 aliphatic rings. The molecule has 1 N–H and O–H groups in total. The van der Waals surface area contributed by atoms with Crippen LogP contribution in [0.15, 0.2) is 71.3 Å². The molecule has 1 aromatic heterocycles. The predicted octanol–water partition coefficient (Wildman–Crippen LogP) is 3.66. The first-order valence-corrected chi connectivity index (χ1v) is 8.40. The van der Waals surface area contributed by atoms with Crippen LogP contribution in [0.25, 0.3) is 0 Å². The van der Waals surface area contributed by atoms with Gasteiger partial charge in [-0.1, -0.05) is 30.3 Å². The molecule has 0 radical (unpaired) electrons. The Balaban J connectivity index is 1.54. The first-order chi connectivity index (χ1) is 12.7. The minimum atomic E-state index is -0.359. The van der Waals surface area contributed by atoms with Crippen LogP contribution in [0.4, 0.5) is 0 Å². The number of benzene rings is 2. The molecule has 1 atom stereocenters. The monoisotopic (exact) mass is 347 g/mol. The lowest BCUT2D eigenvalue weighted by Crippen LogP contribution is -2.25. The lowest BCUT2D eigenvalue weighted by Gasteiger charge is -2.25. The molecule has 1 amide bonds. The number of hydrogen-bond acceptors (Lipinski definition) is 4. The van der Waals surface area contributed by atoms with E-state index in [0.29, 0.717) is 29.9 Å². The molecule has 2 heterocycles. The van der Waals surface area contributed by atoms with Gasteiger partial charge in [0, 0.05) is 12.0 Å². The van der Waals surface area contributed by atoms with Gasteiger partial charge in [-0.3, -0.25) is 4.79 Å². The molecule has 0 fully saturated rings. The number of cyclic esters (lactones) is 1. The fourth-order valence-corrected chi connectivity index (χ4v) is 3.07. The van der Waals surface area contributed by atoms with Crippen molar-refractivity contribution in [3.63, 3.8) is 0 Å². The minimum absolute atomic E-state index is 0.209. The number of rotatable bonds is 4. The van der Waals surface area contributed by atoms with E-state index in [1.54, 1.807) is 36.6 Å². The lowest BCUT2D eigenvalue weighted by molar-refractivity contribution is 0.0252. The highest BCUT2D eigenvalue weighted by atomic mass is 16.5. The highest BCUT2D eigenvalue weighted by molar-refractivity contribution is 5.97. The van der Waals surface area contributed by atoms with Crippen LogP contribution in [0.3, 0.4) is 0 Å². The van der Waals surface area contributed by atoms with E-state index in [1.165, 1.54) is 0 Å². The van der Waals surface area contributed by atoms with Crippen LogP contribution in [-0.2, 0) is 17.7 Å². The summed E-state index contributed by atoms with van der Waals surface area (Å²) in [4.78, 5) is 24.7. The molecule has 5 nitrogen and oxygen atoms in total. The standard InChI is InChI=1S/C21H17NO4/c23-20(22-13-17-7-4-10-25-17)15-8-9-18-16(11-15)12-19(26-21(18)24)14-5-2-1-3-6-14/h1-11,19H,12-13H2,(H,22,23)/t19-/m1/s1. The molecule has 0 aliphatic carbocycles. The summed E-state index contributed by atoms with van der Waals surface area (Å²) in [5, 5.41) is 2.81. The number of esters is 1. The molecule has 3 aromatic rings. The van der Waals surface area contributed by atoms with E-state index in [9.17, 15) is 9.59 Å². The van der Waals surface area contributed by atoms with Crippen LogP contribution in [0.2, 0.25) is 0 Å². The molecule has 5 heteroatoms. The van der Waals surface area contributed by atoms with E-state index < -0.39 is 0 Å². The summed E-state index contributed by atoms with van der Waals surface area (Å²) in [5.41, 5.74) is 2.79. The van der Waals surface area contributed by atoms with Crippen molar-refractivity contribution in [3.05, 3.63) is 94.9 Å². The number of carbonyl (C=O) groups excluding carboxylic acids is 2. The normalized spacial score (nSPS) is 15.8. The van der Waals surface area contributed by atoms with Crippen molar-refractivity contribution in [3.8, 4) is 0 Å². The second-order valence-electron chi connectivity index (χ2n) is 6.14. The fourth-order valence-electron chi connectivity index (χ4n) is 3.07. The first-order valence-electron chi connectivity index (χ1n) is 8.40. The van der Waals surface area contributed by atoms with Crippen molar-refractivity contribution in [2.75, 3.05) is 0 Å². The quantitative estimate of drug-likeness (QED) is 0.731. The summed E-state index contributed by atoms with van der Waals surface area (Å²) < 4.78 is 10.8. The summed E-state index contributed by atoms with van der Waals surface area (Å²) in [5.74, 6) is 0.117. The lowest BCUT2D eigenvalue weighted by atomic mass is 9.93. The Morgan fingerprint density at radius 2 is 1.92 bits per heavy atom. The van der Waals surface area contributed by atoms with E-state index in [4.69, 9.17) is 9.15 Å². The zero-order valence-electron chi connectivity index (χ0n) is 14.0. The number of furan rings is 1. The molecule has 1 aliphatic heterocycles. The summed E-state index contributed by atoms with van der Waals surface area (Å²) in [7, 11) is 0. The highest BCUT2D eigenvalue weighted by Crippen LogP contribution is 2.31. The number of amides is 1. The van der Waals surface area contributed by atoms with Crippen molar-refractivity contribution in [2.24, 2.45) is 0 Å². The van der Waals surface area contributed by atoms with Gasteiger partial charge in [-0.15, -0.1) is 0 Å². The van der Waals surface area contributed by atoms with Gasteiger partial charge in [0.25, 0.3) is 5.91 Å². The highest BCUT2D eigenvalue weighted by Gasteiger charge is 2.28. The van der Waals surface area contributed by atoms with Crippen molar-refractivity contribution < 1.29 is 18.7 Å². The Morgan fingerprint density at radius 1 is 1.08 bits per heavy atom. The van der Waals surface area contributed by atoms with Gasteiger partial charge in [0.2, 0.25) is 0 Å². The van der Waals surface area contributed by atoms with Gasteiger partial charge in [-0.25, -0.2) is 4.79 Å². The molecule has 26 heavy (non-hydrogen) atoms. The Hall–Kier alpha value is -3.34. The first kappa shape index (κ1) is 16.1. The van der Waals surface area contributed by atoms with E-state index >= 15 is 0 Å². The van der Waals surface area contributed by atoms with Gasteiger partial charge >= 0.3 is 5.97 Å². The third kappa shape index (κ3) is 3.24. The van der Waals surface area contributed by atoms with Gasteiger partial charge in [-0.2, -0.15) is 0 Å². The Labute approximate surface area is 150 Å². The van der Waals surface area contributed by atoms with Gasteiger partial charge in [0.15, 0.2) is 0 Å². The van der Waals surface area contributed by atoms with Crippen molar-refractivity contribution >= 4 is 11.9 Å². The average molecular weight is 347 g/mol. The van der Waals surface area contributed by atoms with Crippen LogP contribution in [-0.4, -0.2) is 11.9 Å². The SMILES string of the molecule is O=C(NCc1ccco1)c1ccc2c(c1)C[C@H](c1ccccc1)OC2=O. The second-order valence-corrected chi connectivity index (χ2v) is 6.14. The molecule has 0 saturated carbocycles. The molecular formula is C21H17NO4. The largest absolute Gasteiger partial charge is 0.467 e. The average Bonchev–Trinajstić information content (AvgIpc) is 3.20. The van der Waals surface area contributed by atoms with Crippen LogP contribution in [0.1, 0.15) is 43.7 Å². The third-order valence-electron chi connectivity index (χ3n) is 4.42. The van der Waals surface area contributed by atoms with Crippen LogP contribution in [0.5, 0.6) is 0 Å². The van der Waals surface area contributed by atoms with Gasteiger partial charge in [-0.05, 0) is 41.5 Å². The maximum atomic E-state index is 12.4. The minimum Gasteiger partial charge on any atom is -0.467 e.